The Labute approximate surface area is 622 Å². The maximum atomic E-state index is 11.9. The molecule has 598 valence electrons. The van der Waals surface area contributed by atoms with Gasteiger partial charge in [-0.25, -0.2) is 21.6 Å². The van der Waals surface area contributed by atoms with E-state index in [0.717, 1.165) is 97.4 Å². The first-order chi connectivity index (χ1) is 50.3. The van der Waals surface area contributed by atoms with Crippen molar-refractivity contribution in [2.24, 2.45) is 0 Å². The standard InChI is InChI=1S/C18H27ClN7O8P.C18H28ClN6O9PS.C17H27ClN7O9PS/c1-8(27)20-6-11(35(30,31)32)33-7-10-13(28)14(29)17(34-10)26-16-12(24-25-26)15(22-18(19)23-16)21-9-4-2-3-5-9;1-2-36(31,32)8-11(35(28,29)30)33-7-10-13(26)14(27)17(34-10)25-16-12(23-24-25)15(21-18(19)22-16)20-9-5-3-4-6-9;1-36(31,32)19-6-10(35(28,29)30)33-7-9-12(26)13(27)16(34-9)25-15-11(23-24-25)14(21-17(18)22-15)20-8-4-2-3-5-8/h9-11,13-14,17,28-29H,2-7H2,1H3,(H,20,27)(H,21,22,23)(H2,30,31,32);9-11,13-14,17,26-27H,2-8H2,1H3,(H,20,21,22)(H2,28,29,30);8-10,12-13,16,19,26-27H,2-7H2,1H3,(H,20,21,22)(H2,28,29,30)/t2*10-,11?,13-,14-,17-;9-,10?,12-,13-,16-/m111/s1. The Balaban J connectivity index is 0.000000172. The van der Waals surface area contributed by atoms with Crippen molar-refractivity contribution < 1.29 is 124 Å². The lowest BCUT2D eigenvalue weighted by Crippen LogP contribution is -2.38. The second kappa shape index (κ2) is 35.4. The van der Waals surface area contributed by atoms with Gasteiger partial charge in [-0.15, -0.1) is 15.3 Å². The van der Waals surface area contributed by atoms with Gasteiger partial charge in [0, 0.05) is 37.3 Å². The molecule has 54 heteroatoms. The predicted octanol–water partition coefficient (Wildman–Crippen LogP) is -1.77. The number of carbonyl (C=O) groups excluding carboxylic acids is 1. The summed E-state index contributed by atoms with van der Waals surface area (Å²) in [4.78, 5) is 93.1. The van der Waals surface area contributed by atoms with Crippen molar-refractivity contribution in [3.05, 3.63) is 15.9 Å². The van der Waals surface area contributed by atoms with E-state index in [9.17, 15) is 95.3 Å². The number of nitrogens with zero attached hydrogens (tertiary/aromatic N) is 15. The molecule has 0 aromatic carbocycles. The molecule has 6 aromatic heterocycles. The van der Waals surface area contributed by atoms with Gasteiger partial charge in [0.05, 0.1) is 38.4 Å². The number of sulfonamides is 1. The number of sulfone groups is 1. The van der Waals surface area contributed by atoms with Gasteiger partial charge in [-0.1, -0.05) is 61.1 Å². The van der Waals surface area contributed by atoms with Gasteiger partial charge in [-0.05, 0) is 73.3 Å². The number of rotatable bonds is 29. The Hall–Kier alpha value is -4.99. The number of hydrogen-bond donors (Lipinski definition) is 17. The molecule has 107 heavy (non-hydrogen) atoms. The fourth-order valence-corrected chi connectivity index (χ4v) is 17.2. The van der Waals surface area contributed by atoms with E-state index in [0.29, 0.717) is 23.0 Å². The molecule has 9 heterocycles. The summed E-state index contributed by atoms with van der Waals surface area (Å²) < 4.78 is 120. The van der Waals surface area contributed by atoms with E-state index >= 15 is 0 Å². The molecule has 6 aromatic rings. The Kier molecular flexibility index (Phi) is 27.9. The van der Waals surface area contributed by atoms with Crippen molar-refractivity contribution in [2.75, 3.05) is 66.6 Å². The van der Waals surface area contributed by atoms with Crippen LogP contribution in [-0.4, -0.2) is 299 Å². The number of ether oxygens (including phenoxy) is 6. The number of aliphatic hydroxyl groups excluding tert-OH is 6. The molecule has 3 aliphatic carbocycles. The summed E-state index contributed by atoms with van der Waals surface area (Å²) in [5.41, 5.74) is 1.31. The zero-order valence-electron chi connectivity index (χ0n) is 56.9. The minimum atomic E-state index is -4.96. The molecule has 0 spiro atoms. The van der Waals surface area contributed by atoms with Crippen LogP contribution in [0.15, 0.2) is 0 Å². The number of aliphatic hydroxyl groups is 6. The highest BCUT2D eigenvalue weighted by atomic mass is 35.5. The number of amides is 1. The lowest BCUT2D eigenvalue weighted by Gasteiger charge is -2.22. The van der Waals surface area contributed by atoms with Crippen molar-refractivity contribution in [3.63, 3.8) is 0 Å². The van der Waals surface area contributed by atoms with Crippen LogP contribution in [0.5, 0.6) is 0 Å². The van der Waals surface area contributed by atoms with Crippen LogP contribution in [-0.2, 0) is 66.8 Å². The zero-order valence-corrected chi connectivity index (χ0v) is 63.5. The van der Waals surface area contributed by atoms with Gasteiger partial charge < -0.3 is 110 Å². The third-order valence-corrected chi connectivity index (χ3v) is 24.5. The molecule has 6 fully saturated rings. The first-order valence-electron chi connectivity index (χ1n) is 33.4. The molecule has 3 saturated heterocycles. The third kappa shape index (κ3) is 21.4. The Morgan fingerprint density at radius 3 is 1.08 bits per heavy atom. The summed E-state index contributed by atoms with van der Waals surface area (Å²) in [5.74, 6) is -6.08. The van der Waals surface area contributed by atoms with Crippen molar-refractivity contribution >= 4 is 134 Å². The normalized spacial score (nSPS) is 26.5. The molecule has 46 nitrogen and oxygen atoms in total. The highest BCUT2D eigenvalue weighted by Crippen LogP contribution is 2.46. The Bertz CT molecular complexity index is 4460. The highest BCUT2D eigenvalue weighted by molar-refractivity contribution is 7.91. The molecule has 1 amide bonds. The topological polar surface area (TPSA) is 664 Å². The highest BCUT2D eigenvalue weighted by Gasteiger charge is 2.50. The molecule has 3 aliphatic heterocycles. The lowest BCUT2D eigenvalue weighted by molar-refractivity contribution is -0.119. The number of halogens is 3. The largest absolute Gasteiger partial charge is 0.387 e. The maximum absolute atomic E-state index is 11.9. The van der Waals surface area contributed by atoms with Crippen LogP contribution in [0.4, 0.5) is 17.5 Å². The van der Waals surface area contributed by atoms with Crippen LogP contribution in [0.25, 0.3) is 33.5 Å². The van der Waals surface area contributed by atoms with E-state index < -0.39 is 178 Å². The summed E-state index contributed by atoms with van der Waals surface area (Å²) in [6, 6.07) is 0.602. The molecule has 6 aliphatic rings. The van der Waals surface area contributed by atoms with Crippen LogP contribution in [0.1, 0.15) is 110 Å². The monoisotopic (exact) mass is 1680 g/mol. The number of aromatic nitrogens is 15. The predicted molar refractivity (Wildman–Crippen MR) is 371 cm³/mol. The maximum Gasteiger partial charge on any atom is 0.355 e. The fourth-order valence-electron chi connectivity index (χ4n) is 12.4. The van der Waals surface area contributed by atoms with Gasteiger partial charge in [0.25, 0.3) is 0 Å². The van der Waals surface area contributed by atoms with Gasteiger partial charge in [-0.2, -0.15) is 43.9 Å². The molecule has 0 bridgehead atoms. The Morgan fingerprint density at radius 1 is 0.505 bits per heavy atom. The van der Waals surface area contributed by atoms with Gasteiger partial charge in [-0.3, -0.25) is 18.5 Å². The van der Waals surface area contributed by atoms with E-state index in [1.165, 1.54) is 13.8 Å². The van der Waals surface area contributed by atoms with E-state index in [1.54, 1.807) is 0 Å². The van der Waals surface area contributed by atoms with E-state index in [1.807, 2.05) is 4.72 Å². The SMILES string of the molecule is CC(=O)NCC(OC[C@H]1O[C@@H](n2nnc3c(NC4CCCC4)nc(Cl)nc32)[C@H](O)[C@@H]1O)P(=O)(O)O.CCS(=O)(=O)CC(OC[C@H]1O[C@@H](n2nnc3c(NC4CCCC4)nc(Cl)nc32)[C@H](O)[C@@H]1O)P(=O)(O)O.CS(=O)(=O)NCC(OC[C@H]1O[C@@H](n2nnc3c(NC4CCCC4)nc(Cl)nc32)[C@H](O)[C@@H]1O)P(=O)(O)O. The van der Waals surface area contributed by atoms with E-state index in [-0.39, 0.29) is 67.7 Å². The summed E-state index contributed by atoms with van der Waals surface area (Å²) in [7, 11) is -22.1. The van der Waals surface area contributed by atoms with Crippen molar-refractivity contribution in [3.8, 4) is 0 Å². The van der Waals surface area contributed by atoms with Crippen LogP contribution in [0.2, 0.25) is 15.9 Å². The summed E-state index contributed by atoms with van der Waals surface area (Å²) >= 11 is 18.3. The van der Waals surface area contributed by atoms with Crippen LogP contribution < -0.4 is 26.0 Å². The minimum absolute atomic E-state index is 0.0723. The van der Waals surface area contributed by atoms with Crippen LogP contribution >= 0.6 is 57.6 Å². The smallest absolute Gasteiger partial charge is 0.355 e. The summed E-state index contributed by atoms with van der Waals surface area (Å²) in [6.45, 7) is -0.307. The first-order valence-corrected chi connectivity index (χ1v) is 43.3. The lowest BCUT2D eigenvalue weighted by atomic mass is 10.1. The molecule has 3 saturated carbocycles. The molecule has 15 atom stereocenters. The molecular weight excluding hydrogens is 1600 g/mol. The van der Waals surface area contributed by atoms with E-state index in [2.05, 4.69) is 82.1 Å². The van der Waals surface area contributed by atoms with Gasteiger partial charge in [0.1, 0.15) is 54.9 Å². The van der Waals surface area contributed by atoms with Crippen LogP contribution in [0.3, 0.4) is 0 Å². The van der Waals surface area contributed by atoms with Gasteiger partial charge >= 0.3 is 22.8 Å². The zero-order chi connectivity index (χ0) is 77.8. The molecule has 0 radical (unpaired) electrons. The quantitative estimate of drug-likeness (QED) is 0.0182. The number of fused-ring (bicyclic) bond motifs is 3. The molecule has 3 unspecified atom stereocenters. The second-order valence-corrected chi connectivity index (χ2v) is 36.6. The molecule has 12 rings (SSSR count). The molecular formula is C53H82Cl3N20O26P3S2. The van der Waals surface area contributed by atoms with Crippen molar-refractivity contribution in [2.45, 2.75) is 200 Å². The fraction of sp³-hybridized carbons (Fsp3) is 0.755. The number of anilines is 3. The van der Waals surface area contributed by atoms with Crippen LogP contribution in [0, 0.1) is 0 Å². The third-order valence-electron chi connectivity index (χ3n) is 18.1. The van der Waals surface area contributed by atoms with E-state index in [4.69, 9.17) is 63.2 Å². The first kappa shape index (κ1) is 84.5. The Morgan fingerprint density at radius 2 is 0.804 bits per heavy atom. The van der Waals surface area contributed by atoms with Gasteiger partial charge in [0.15, 0.2) is 97.0 Å². The summed E-state index contributed by atoms with van der Waals surface area (Å²) in [6.07, 6.45) is -3.47. The average molecular weight is 1680 g/mol. The number of nitrogens with one attached hydrogen (secondary N) is 5. The molecule has 17 N–H and O–H groups in total. The second-order valence-electron chi connectivity index (χ2n) is 26.0. The van der Waals surface area contributed by atoms with Crippen molar-refractivity contribution in [1.29, 1.82) is 0 Å². The number of carbonyl (C=O) groups is 1. The van der Waals surface area contributed by atoms with Gasteiger partial charge in [0.2, 0.25) is 31.8 Å². The number of hydrogen-bond acceptors (Lipinski definition) is 35. The minimum Gasteiger partial charge on any atom is -0.387 e. The average Bonchev–Trinajstić information content (AvgIpc) is 1.63. The summed E-state index contributed by atoms with van der Waals surface area (Å²) in [5, 5.41) is 99.4. The van der Waals surface area contributed by atoms with Crippen molar-refractivity contribution in [1.82, 2.24) is 84.9 Å².